The summed E-state index contributed by atoms with van der Waals surface area (Å²) < 4.78 is 0. The molecule has 1 aromatic heterocycles. The lowest BCUT2D eigenvalue weighted by Crippen LogP contribution is -2.38. The number of aryl methyl sites for hydroxylation is 1. The number of hydrogen-bond acceptors (Lipinski definition) is 2. The third-order valence-electron chi connectivity index (χ3n) is 3.00. The molecule has 4 nitrogen and oxygen atoms in total. The van der Waals surface area contributed by atoms with E-state index in [1.54, 1.807) is 6.20 Å². The van der Waals surface area contributed by atoms with Crippen molar-refractivity contribution in [2.45, 2.75) is 6.92 Å². The van der Waals surface area contributed by atoms with Crippen LogP contribution in [0.25, 0.3) is 16.9 Å². The van der Waals surface area contributed by atoms with Gasteiger partial charge in [-0.05, 0) is 23.9 Å². The van der Waals surface area contributed by atoms with Gasteiger partial charge in [-0.25, -0.2) is 0 Å². The predicted molar refractivity (Wildman–Crippen MR) is 72.7 cm³/mol. The van der Waals surface area contributed by atoms with Gasteiger partial charge in [-0.1, -0.05) is 48.0 Å². The molecule has 0 fully saturated rings. The molecule has 1 heterocycles. The van der Waals surface area contributed by atoms with E-state index in [1.807, 2.05) is 61.5 Å². The molecule has 4 heteroatoms. The molecule has 0 N–H and O–H groups in total. The van der Waals surface area contributed by atoms with Crippen molar-refractivity contribution in [2.75, 3.05) is 0 Å². The van der Waals surface area contributed by atoms with Gasteiger partial charge in [0, 0.05) is 10.7 Å². The zero-order valence-electron chi connectivity index (χ0n) is 10.5. The maximum atomic E-state index is 12.3. The largest absolute Gasteiger partial charge is 0.692 e. The summed E-state index contributed by atoms with van der Waals surface area (Å²) in [6.45, 7) is 2.01. The molecule has 0 aliphatic heterocycles. The second-order valence-corrected chi connectivity index (χ2v) is 4.39. The van der Waals surface area contributed by atoms with Crippen LogP contribution in [0.2, 0.25) is 0 Å². The summed E-state index contributed by atoms with van der Waals surface area (Å²) in [6, 6.07) is 17.2. The van der Waals surface area contributed by atoms with Gasteiger partial charge in [0.2, 0.25) is 11.9 Å². The van der Waals surface area contributed by atoms with Gasteiger partial charge >= 0.3 is 0 Å². The fourth-order valence-corrected chi connectivity index (χ4v) is 1.95. The van der Waals surface area contributed by atoms with Gasteiger partial charge in [-0.15, -0.1) is 4.85 Å². The lowest BCUT2D eigenvalue weighted by molar-refractivity contribution is -0.678. The molecule has 0 atom stereocenters. The van der Waals surface area contributed by atoms with Crippen molar-refractivity contribution in [1.82, 2.24) is 9.90 Å². The molecule has 94 valence electrons. The molecular formula is C15H13N3O. The molecule has 3 rings (SSSR count). The van der Waals surface area contributed by atoms with Gasteiger partial charge in [-0.3, -0.25) is 0 Å². The number of aromatic nitrogens is 3. The van der Waals surface area contributed by atoms with E-state index < -0.39 is 0 Å². The standard InChI is InChI=1S/C15H13N3O/c1-12-7-9-14(10-8-12)17-16-11-15(18(17)19)13-5-3-2-4-6-13/h2-11H,1H3. The molecular weight excluding hydrogens is 238 g/mol. The van der Waals surface area contributed by atoms with E-state index in [0.29, 0.717) is 5.69 Å². The van der Waals surface area contributed by atoms with Crippen LogP contribution in [0.5, 0.6) is 0 Å². The first-order valence-electron chi connectivity index (χ1n) is 6.06. The first kappa shape index (κ1) is 11.5. The summed E-state index contributed by atoms with van der Waals surface area (Å²) in [5.41, 5.74) is 3.30. The van der Waals surface area contributed by atoms with Gasteiger partial charge in [0.25, 0.3) is 0 Å². The SMILES string of the molecule is Cc1ccc(-n2ncc(-c3ccccc3)[n+]2[O-])cc1. The van der Waals surface area contributed by atoms with Crippen LogP contribution in [0.15, 0.2) is 60.8 Å². The maximum Gasteiger partial charge on any atom is 0.215 e. The minimum Gasteiger partial charge on any atom is -0.692 e. The Morgan fingerprint density at radius 3 is 2.37 bits per heavy atom. The molecule has 0 bridgehead atoms. The molecule has 0 radical (unpaired) electrons. The highest BCUT2D eigenvalue weighted by atomic mass is 16.5. The summed E-state index contributed by atoms with van der Waals surface area (Å²) in [5, 5.41) is 16.4. The third kappa shape index (κ3) is 2.08. The average Bonchev–Trinajstić information content (AvgIpc) is 2.83. The van der Waals surface area contributed by atoms with Crippen molar-refractivity contribution < 1.29 is 4.85 Å². The first-order chi connectivity index (χ1) is 9.25. The van der Waals surface area contributed by atoms with Crippen LogP contribution in [0.3, 0.4) is 0 Å². The Balaban J connectivity index is 2.06. The highest BCUT2D eigenvalue weighted by Crippen LogP contribution is 2.14. The lowest BCUT2D eigenvalue weighted by atomic mass is 10.2. The summed E-state index contributed by atoms with van der Waals surface area (Å²) in [5.74, 6) is 0. The molecule has 0 saturated heterocycles. The minimum atomic E-state index is 0.543. The van der Waals surface area contributed by atoms with Gasteiger partial charge in [0.15, 0.2) is 0 Å². The molecule has 19 heavy (non-hydrogen) atoms. The van der Waals surface area contributed by atoms with Crippen molar-refractivity contribution in [3.63, 3.8) is 0 Å². The molecule has 0 amide bonds. The van der Waals surface area contributed by atoms with Gasteiger partial charge in [-0.2, -0.15) is 0 Å². The zero-order valence-corrected chi connectivity index (χ0v) is 10.5. The molecule has 0 spiro atoms. The molecule has 2 aromatic carbocycles. The molecule has 0 saturated carbocycles. The predicted octanol–water partition coefficient (Wildman–Crippen LogP) is 2.48. The second kappa shape index (κ2) is 4.57. The lowest BCUT2D eigenvalue weighted by Gasteiger charge is -2.06. The van der Waals surface area contributed by atoms with E-state index in [-0.39, 0.29) is 0 Å². The first-order valence-corrected chi connectivity index (χ1v) is 6.06. The summed E-state index contributed by atoms with van der Waals surface area (Å²) in [6.07, 6.45) is 1.59. The Hall–Kier alpha value is -2.62. The monoisotopic (exact) mass is 251 g/mol. The van der Waals surface area contributed by atoms with Crippen molar-refractivity contribution in [1.29, 1.82) is 0 Å². The Morgan fingerprint density at radius 1 is 1.00 bits per heavy atom. The Kier molecular flexibility index (Phi) is 2.76. The van der Waals surface area contributed by atoms with E-state index in [9.17, 15) is 5.21 Å². The molecule has 0 unspecified atom stereocenters. The van der Waals surface area contributed by atoms with Crippen LogP contribution in [0.1, 0.15) is 5.56 Å². The van der Waals surface area contributed by atoms with Crippen LogP contribution in [0, 0.1) is 12.1 Å². The van der Waals surface area contributed by atoms with Crippen LogP contribution >= 0.6 is 0 Å². The third-order valence-corrected chi connectivity index (χ3v) is 3.00. The second-order valence-electron chi connectivity index (χ2n) is 4.39. The Bertz CT molecular complexity index is 687. The van der Waals surface area contributed by atoms with Crippen molar-refractivity contribution in [3.05, 3.63) is 71.6 Å². The zero-order chi connectivity index (χ0) is 13.2. The van der Waals surface area contributed by atoms with Crippen LogP contribution in [-0.2, 0) is 0 Å². The minimum absolute atomic E-state index is 0.543. The Morgan fingerprint density at radius 2 is 1.68 bits per heavy atom. The number of hydrogen-bond donors (Lipinski definition) is 0. The van der Waals surface area contributed by atoms with Crippen LogP contribution < -0.4 is 4.85 Å². The number of nitrogens with zero attached hydrogens (tertiary/aromatic N) is 3. The summed E-state index contributed by atoms with van der Waals surface area (Å²) >= 11 is 0. The fraction of sp³-hybridized carbons (Fsp3) is 0.0667. The average molecular weight is 251 g/mol. The molecule has 0 aliphatic carbocycles. The number of benzene rings is 2. The smallest absolute Gasteiger partial charge is 0.215 e. The fourth-order valence-electron chi connectivity index (χ4n) is 1.95. The van der Waals surface area contributed by atoms with Crippen molar-refractivity contribution in [3.8, 4) is 16.9 Å². The highest BCUT2D eigenvalue weighted by Gasteiger charge is 2.15. The van der Waals surface area contributed by atoms with Gasteiger partial charge in [0.05, 0.1) is 0 Å². The van der Waals surface area contributed by atoms with Crippen molar-refractivity contribution in [2.24, 2.45) is 0 Å². The quantitative estimate of drug-likeness (QED) is 0.519. The highest BCUT2D eigenvalue weighted by molar-refractivity contribution is 5.54. The van der Waals surface area contributed by atoms with E-state index in [0.717, 1.165) is 21.7 Å². The van der Waals surface area contributed by atoms with Gasteiger partial charge < -0.3 is 5.21 Å². The normalized spacial score (nSPS) is 10.6. The van der Waals surface area contributed by atoms with E-state index in [4.69, 9.17) is 0 Å². The topological polar surface area (TPSA) is 44.8 Å². The Labute approximate surface area is 111 Å². The van der Waals surface area contributed by atoms with Crippen molar-refractivity contribution >= 4 is 0 Å². The van der Waals surface area contributed by atoms with E-state index >= 15 is 0 Å². The van der Waals surface area contributed by atoms with E-state index in [2.05, 4.69) is 5.10 Å². The van der Waals surface area contributed by atoms with Gasteiger partial charge in [0.1, 0.15) is 5.69 Å². The summed E-state index contributed by atoms with van der Waals surface area (Å²) in [7, 11) is 0. The maximum absolute atomic E-state index is 12.3. The van der Waals surface area contributed by atoms with E-state index in [1.165, 1.54) is 4.80 Å². The van der Waals surface area contributed by atoms with Crippen LogP contribution in [0.4, 0.5) is 0 Å². The van der Waals surface area contributed by atoms with Crippen LogP contribution in [-0.4, -0.2) is 9.90 Å². The molecule has 0 aliphatic rings. The summed E-state index contributed by atoms with van der Waals surface area (Å²) in [4.78, 5) is 2.15. The number of rotatable bonds is 2. The molecule has 3 aromatic rings.